The first kappa shape index (κ1) is 9.77. The minimum absolute atomic E-state index is 0.373. The molecule has 0 amide bonds. The molecule has 17 heavy (non-hydrogen) atoms. The van der Waals surface area contributed by atoms with Crippen molar-refractivity contribution in [1.82, 2.24) is 15.0 Å². The minimum atomic E-state index is -0.373. The number of nitrogens with zero attached hydrogens (tertiary/aromatic N) is 2. The zero-order valence-electron chi connectivity index (χ0n) is 9.10. The number of aromatic amines is 1. The monoisotopic (exact) mass is 227 g/mol. The van der Waals surface area contributed by atoms with Gasteiger partial charge in [-0.15, -0.1) is 0 Å². The number of benzene rings is 1. The Morgan fingerprint density at radius 2 is 2.12 bits per heavy atom. The molecule has 0 aliphatic heterocycles. The van der Waals surface area contributed by atoms with Gasteiger partial charge in [-0.1, -0.05) is 0 Å². The first-order chi connectivity index (χ1) is 8.31. The lowest BCUT2D eigenvalue weighted by Gasteiger charge is -2.04. The Bertz CT molecular complexity index is 718. The number of hydrogen-bond donors (Lipinski definition) is 1. The van der Waals surface area contributed by atoms with Crippen LogP contribution in [0.25, 0.3) is 21.9 Å². The van der Waals surface area contributed by atoms with Gasteiger partial charge in [-0.3, -0.25) is 9.97 Å². The first-order valence-corrected chi connectivity index (χ1v) is 5.10. The number of hydrogen-bond acceptors (Lipinski definition) is 4. The van der Waals surface area contributed by atoms with Crippen molar-refractivity contribution in [2.24, 2.45) is 0 Å². The normalized spacial score (nSPS) is 10.9. The summed E-state index contributed by atoms with van der Waals surface area (Å²) in [6, 6.07) is 3.52. The zero-order valence-corrected chi connectivity index (χ0v) is 9.10. The molecule has 0 saturated heterocycles. The zero-order chi connectivity index (χ0) is 11.8. The van der Waals surface area contributed by atoms with E-state index in [1.54, 1.807) is 30.7 Å². The van der Waals surface area contributed by atoms with Crippen molar-refractivity contribution in [3.63, 3.8) is 0 Å². The van der Waals surface area contributed by atoms with Crippen LogP contribution in [-0.4, -0.2) is 28.0 Å². The highest BCUT2D eigenvalue weighted by Gasteiger charge is 2.15. The molecule has 0 aliphatic carbocycles. The van der Waals surface area contributed by atoms with Gasteiger partial charge in [-0.25, -0.2) is 4.79 Å². The molecule has 3 rings (SSSR count). The van der Waals surface area contributed by atoms with Gasteiger partial charge in [0, 0.05) is 24.0 Å². The van der Waals surface area contributed by atoms with Crippen molar-refractivity contribution in [1.29, 1.82) is 0 Å². The topological polar surface area (TPSA) is 67.9 Å². The molecule has 5 nitrogen and oxygen atoms in total. The van der Waals surface area contributed by atoms with Crippen LogP contribution < -0.4 is 0 Å². The molecule has 2 aromatic heterocycles. The molecule has 2 heterocycles. The Balaban J connectivity index is 2.48. The minimum Gasteiger partial charge on any atom is -0.465 e. The summed E-state index contributed by atoms with van der Waals surface area (Å²) in [4.78, 5) is 23.2. The first-order valence-electron chi connectivity index (χ1n) is 5.10. The van der Waals surface area contributed by atoms with E-state index >= 15 is 0 Å². The van der Waals surface area contributed by atoms with Crippen LogP contribution in [0.2, 0.25) is 0 Å². The number of rotatable bonds is 1. The van der Waals surface area contributed by atoms with E-state index in [-0.39, 0.29) is 5.97 Å². The Hall–Kier alpha value is -2.43. The van der Waals surface area contributed by atoms with Crippen molar-refractivity contribution in [3.8, 4) is 0 Å². The van der Waals surface area contributed by atoms with Crippen LogP contribution in [0.3, 0.4) is 0 Å². The van der Waals surface area contributed by atoms with Gasteiger partial charge >= 0.3 is 5.97 Å². The summed E-state index contributed by atoms with van der Waals surface area (Å²) in [6.07, 6.45) is 5.03. The molecule has 84 valence electrons. The third kappa shape index (κ3) is 1.36. The molecule has 0 spiro atoms. The summed E-state index contributed by atoms with van der Waals surface area (Å²) in [7, 11) is 1.36. The van der Waals surface area contributed by atoms with Crippen LogP contribution in [0.4, 0.5) is 0 Å². The fourth-order valence-corrected chi connectivity index (χ4v) is 1.92. The number of carbonyl (C=O) groups excluding carboxylic acids is 1. The van der Waals surface area contributed by atoms with E-state index in [1.165, 1.54) is 7.11 Å². The maximum absolute atomic E-state index is 11.7. The van der Waals surface area contributed by atoms with Crippen LogP contribution in [-0.2, 0) is 4.74 Å². The van der Waals surface area contributed by atoms with Gasteiger partial charge in [0.05, 0.1) is 23.7 Å². The number of carbonyl (C=O) groups is 1. The smallest absolute Gasteiger partial charge is 0.338 e. The van der Waals surface area contributed by atoms with Crippen LogP contribution in [0, 0.1) is 0 Å². The van der Waals surface area contributed by atoms with Crippen LogP contribution in [0.5, 0.6) is 0 Å². The van der Waals surface area contributed by atoms with Crippen molar-refractivity contribution >= 4 is 27.9 Å². The molecular formula is C12H9N3O2. The fourth-order valence-electron chi connectivity index (χ4n) is 1.92. The Morgan fingerprint density at radius 1 is 1.29 bits per heavy atom. The van der Waals surface area contributed by atoms with Gasteiger partial charge in [-0.05, 0) is 12.1 Å². The molecule has 5 heteroatoms. The van der Waals surface area contributed by atoms with E-state index < -0.39 is 0 Å². The second kappa shape index (κ2) is 3.55. The molecular weight excluding hydrogens is 218 g/mol. The summed E-state index contributed by atoms with van der Waals surface area (Å²) in [5.41, 5.74) is 2.72. The van der Waals surface area contributed by atoms with E-state index in [4.69, 9.17) is 4.74 Å². The predicted molar refractivity (Wildman–Crippen MR) is 62.7 cm³/mol. The Kier molecular flexibility index (Phi) is 2.04. The number of methoxy groups -OCH3 is 1. The largest absolute Gasteiger partial charge is 0.465 e. The number of esters is 1. The van der Waals surface area contributed by atoms with Crippen molar-refractivity contribution < 1.29 is 9.53 Å². The Labute approximate surface area is 96.4 Å². The molecule has 0 atom stereocenters. The average molecular weight is 227 g/mol. The van der Waals surface area contributed by atoms with Crippen LogP contribution >= 0.6 is 0 Å². The predicted octanol–water partition coefficient (Wildman–Crippen LogP) is 1.90. The van der Waals surface area contributed by atoms with Gasteiger partial charge in [0.15, 0.2) is 0 Å². The third-order valence-corrected chi connectivity index (χ3v) is 2.68. The molecule has 0 bridgehead atoms. The molecule has 0 radical (unpaired) electrons. The summed E-state index contributed by atoms with van der Waals surface area (Å²) in [5.74, 6) is -0.373. The standard InChI is InChI=1S/C12H9N3O2/c1-17-12(16)8-6-9-11(15-5-4-13-9)10-7(8)2-3-14-10/h2-6,13H,1H3. The molecule has 1 aromatic carbocycles. The number of H-pyrrole nitrogens is 1. The fraction of sp³-hybridized carbons (Fsp3) is 0.0833. The maximum Gasteiger partial charge on any atom is 0.338 e. The molecule has 0 aliphatic rings. The summed E-state index contributed by atoms with van der Waals surface area (Å²) >= 11 is 0. The maximum atomic E-state index is 11.7. The van der Waals surface area contributed by atoms with E-state index in [0.717, 1.165) is 16.4 Å². The summed E-state index contributed by atoms with van der Waals surface area (Å²) < 4.78 is 4.76. The molecule has 3 aromatic rings. The molecule has 0 unspecified atom stereocenters. The van der Waals surface area contributed by atoms with E-state index in [1.807, 2.05) is 0 Å². The molecule has 1 N–H and O–H groups in total. The van der Waals surface area contributed by atoms with Crippen LogP contribution in [0.15, 0.2) is 30.7 Å². The lowest BCUT2D eigenvalue weighted by Crippen LogP contribution is -2.02. The lowest BCUT2D eigenvalue weighted by atomic mass is 10.1. The quantitative estimate of drug-likeness (QED) is 0.644. The number of fused-ring (bicyclic) bond motifs is 3. The Morgan fingerprint density at radius 3 is 2.94 bits per heavy atom. The van der Waals surface area contributed by atoms with Gasteiger partial charge < -0.3 is 9.72 Å². The number of nitrogens with one attached hydrogen (secondary N) is 1. The third-order valence-electron chi connectivity index (χ3n) is 2.68. The highest BCUT2D eigenvalue weighted by molar-refractivity contribution is 6.12. The van der Waals surface area contributed by atoms with Gasteiger partial charge in [0.25, 0.3) is 0 Å². The van der Waals surface area contributed by atoms with Crippen molar-refractivity contribution in [2.75, 3.05) is 7.11 Å². The number of ether oxygens (including phenoxy) is 1. The van der Waals surface area contributed by atoms with E-state index in [0.29, 0.717) is 11.1 Å². The average Bonchev–Trinajstić information content (AvgIpc) is 2.86. The molecule has 0 fully saturated rings. The number of aromatic nitrogens is 3. The van der Waals surface area contributed by atoms with Crippen LogP contribution in [0.1, 0.15) is 10.4 Å². The summed E-state index contributed by atoms with van der Waals surface area (Å²) in [6.45, 7) is 0. The van der Waals surface area contributed by atoms with Gasteiger partial charge in [0.1, 0.15) is 5.52 Å². The van der Waals surface area contributed by atoms with Crippen molar-refractivity contribution in [3.05, 3.63) is 36.3 Å². The second-order valence-electron chi connectivity index (χ2n) is 3.61. The second-order valence-corrected chi connectivity index (χ2v) is 3.61. The lowest BCUT2D eigenvalue weighted by molar-refractivity contribution is 0.0603. The molecule has 0 saturated carbocycles. The van der Waals surface area contributed by atoms with E-state index in [9.17, 15) is 4.79 Å². The van der Waals surface area contributed by atoms with Crippen molar-refractivity contribution in [2.45, 2.75) is 0 Å². The van der Waals surface area contributed by atoms with Gasteiger partial charge in [0.2, 0.25) is 0 Å². The van der Waals surface area contributed by atoms with Gasteiger partial charge in [-0.2, -0.15) is 0 Å². The summed E-state index contributed by atoms with van der Waals surface area (Å²) in [5, 5.41) is 0.761. The van der Waals surface area contributed by atoms with E-state index in [2.05, 4.69) is 15.0 Å². The highest BCUT2D eigenvalue weighted by atomic mass is 16.5. The SMILES string of the molecule is COC(=O)c1cc2[nH]ccnc2c2nccc12. The highest BCUT2D eigenvalue weighted by Crippen LogP contribution is 2.25.